The molecular weight excluding hydrogens is 160 g/mol. The smallest absolute Gasteiger partial charge is 0.233 e. The Bertz CT molecular complexity index is 176. The van der Waals surface area contributed by atoms with Gasteiger partial charge in [-0.1, -0.05) is 0 Å². The normalized spacial score (nSPS) is 11.8. The topological polar surface area (TPSA) is 44.1 Å². The van der Waals surface area contributed by atoms with Gasteiger partial charge in [-0.05, 0) is 13.2 Å². The van der Waals surface area contributed by atoms with E-state index in [1.165, 1.54) is 16.7 Å². The highest BCUT2D eigenvalue weighted by atomic mass is 32.2. The summed E-state index contributed by atoms with van der Waals surface area (Å²) in [6.45, 7) is 1.71. The van der Waals surface area contributed by atoms with Gasteiger partial charge in [0.1, 0.15) is 6.04 Å². The molecule has 1 amide bonds. The molecule has 0 heterocycles. The summed E-state index contributed by atoms with van der Waals surface area (Å²) < 4.78 is 0. The maximum absolute atomic E-state index is 11.1. The van der Waals surface area contributed by atoms with E-state index >= 15 is 0 Å². The number of carbonyl (C=O) groups is 1. The fourth-order valence-electron chi connectivity index (χ4n) is 0.528. The van der Waals surface area contributed by atoms with Crippen LogP contribution in [0.4, 0.5) is 0 Å². The van der Waals surface area contributed by atoms with E-state index in [4.69, 9.17) is 5.26 Å². The van der Waals surface area contributed by atoms with Crippen molar-refractivity contribution >= 4 is 17.7 Å². The number of hydrogen-bond donors (Lipinski definition) is 0. The van der Waals surface area contributed by atoms with Crippen LogP contribution in [0.3, 0.4) is 0 Å². The van der Waals surface area contributed by atoms with Gasteiger partial charge in [-0.15, -0.1) is 0 Å². The zero-order valence-electron chi connectivity index (χ0n) is 7.00. The van der Waals surface area contributed by atoms with Crippen molar-refractivity contribution in [3.05, 3.63) is 0 Å². The van der Waals surface area contributed by atoms with Crippen molar-refractivity contribution in [2.75, 3.05) is 19.1 Å². The minimum Gasteiger partial charge on any atom is -0.329 e. The molecule has 0 fully saturated rings. The first-order valence-electron chi connectivity index (χ1n) is 3.27. The average molecular weight is 172 g/mol. The monoisotopic (exact) mass is 172 g/mol. The maximum atomic E-state index is 11.1. The zero-order valence-corrected chi connectivity index (χ0v) is 7.81. The molecule has 1 unspecified atom stereocenters. The zero-order chi connectivity index (χ0) is 8.85. The van der Waals surface area contributed by atoms with Crippen molar-refractivity contribution in [3.63, 3.8) is 0 Å². The van der Waals surface area contributed by atoms with Crippen LogP contribution in [-0.2, 0) is 4.79 Å². The van der Waals surface area contributed by atoms with Gasteiger partial charge in [0.05, 0.1) is 11.8 Å². The molecule has 11 heavy (non-hydrogen) atoms. The van der Waals surface area contributed by atoms with E-state index in [1.54, 1.807) is 14.0 Å². The second kappa shape index (κ2) is 5.03. The van der Waals surface area contributed by atoms with Gasteiger partial charge in [0.15, 0.2) is 0 Å². The molecule has 0 aromatic heterocycles. The molecular formula is C7H12N2OS. The first-order valence-corrected chi connectivity index (χ1v) is 4.67. The summed E-state index contributed by atoms with van der Waals surface area (Å²) in [5.74, 6) is 0.453. The number of carbonyl (C=O) groups excluding carboxylic acids is 1. The van der Waals surface area contributed by atoms with E-state index in [0.717, 1.165) is 0 Å². The number of hydrogen-bond acceptors (Lipinski definition) is 3. The summed E-state index contributed by atoms with van der Waals surface area (Å²) in [4.78, 5) is 12.6. The molecule has 1 atom stereocenters. The summed E-state index contributed by atoms with van der Waals surface area (Å²) in [6.07, 6.45) is 1.86. The van der Waals surface area contributed by atoms with Crippen molar-refractivity contribution in [2.24, 2.45) is 0 Å². The third-order valence-corrected chi connectivity index (χ3v) is 1.96. The van der Waals surface area contributed by atoms with E-state index in [2.05, 4.69) is 0 Å². The third-order valence-electron chi connectivity index (χ3n) is 1.43. The molecule has 3 nitrogen and oxygen atoms in total. The van der Waals surface area contributed by atoms with Crippen molar-refractivity contribution in [1.29, 1.82) is 5.26 Å². The Morgan fingerprint density at radius 3 is 2.73 bits per heavy atom. The van der Waals surface area contributed by atoms with Gasteiger partial charge in [-0.3, -0.25) is 4.79 Å². The fourth-order valence-corrected chi connectivity index (χ4v) is 0.978. The van der Waals surface area contributed by atoms with Crippen LogP contribution in [0.15, 0.2) is 0 Å². The van der Waals surface area contributed by atoms with E-state index in [1.807, 2.05) is 12.3 Å². The highest BCUT2D eigenvalue weighted by Gasteiger charge is 2.13. The summed E-state index contributed by atoms with van der Waals surface area (Å²) in [7, 11) is 1.65. The Morgan fingerprint density at radius 1 is 1.82 bits per heavy atom. The van der Waals surface area contributed by atoms with Crippen LogP contribution < -0.4 is 0 Å². The highest BCUT2D eigenvalue weighted by molar-refractivity contribution is 7.99. The SMILES string of the molecule is CSCC(=O)N(C)C(C)C#N. The average Bonchev–Trinajstić information content (AvgIpc) is 2.02. The van der Waals surface area contributed by atoms with Gasteiger partial charge in [-0.25, -0.2) is 0 Å². The van der Waals surface area contributed by atoms with Gasteiger partial charge in [-0.2, -0.15) is 17.0 Å². The van der Waals surface area contributed by atoms with Crippen LogP contribution in [-0.4, -0.2) is 35.9 Å². The molecule has 0 saturated heterocycles. The molecule has 0 aromatic carbocycles. The third kappa shape index (κ3) is 3.28. The lowest BCUT2D eigenvalue weighted by Crippen LogP contribution is -2.35. The predicted octanol–water partition coefficient (Wildman–Crippen LogP) is 0.720. The molecule has 0 aliphatic carbocycles. The molecule has 0 bridgehead atoms. The first kappa shape index (κ1) is 10.3. The predicted molar refractivity (Wildman–Crippen MR) is 46.2 cm³/mol. The summed E-state index contributed by atoms with van der Waals surface area (Å²) in [6, 6.07) is 1.68. The van der Waals surface area contributed by atoms with Crippen LogP contribution in [0.2, 0.25) is 0 Å². The largest absolute Gasteiger partial charge is 0.329 e. The number of nitrogens with zero attached hydrogens (tertiary/aromatic N) is 2. The van der Waals surface area contributed by atoms with Gasteiger partial charge >= 0.3 is 0 Å². The minimum absolute atomic E-state index is 0.00606. The quantitative estimate of drug-likeness (QED) is 0.630. The molecule has 0 saturated carbocycles. The maximum Gasteiger partial charge on any atom is 0.233 e. The molecule has 0 radical (unpaired) electrons. The number of rotatable bonds is 3. The lowest BCUT2D eigenvalue weighted by atomic mass is 10.3. The van der Waals surface area contributed by atoms with Crippen LogP contribution in [0, 0.1) is 11.3 Å². The standard InChI is InChI=1S/C7H12N2OS/c1-6(4-8)9(2)7(10)5-11-3/h6H,5H2,1-3H3. The lowest BCUT2D eigenvalue weighted by Gasteiger charge is -2.18. The van der Waals surface area contributed by atoms with Gasteiger partial charge in [0.2, 0.25) is 5.91 Å². The van der Waals surface area contributed by atoms with Crippen molar-refractivity contribution in [3.8, 4) is 6.07 Å². The fraction of sp³-hybridized carbons (Fsp3) is 0.714. The van der Waals surface area contributed by atoms with E-state index < -0.39 is 0 Å². The molecule has 0 aliphatic heterocycles. The van der Waals surface area contributed by atoms with Crippen molar-refractivity contribution < 1.29 is 4.79 Å². The van der Waals surface area contributed by atoms with Gasteiger partial charge in [0.25, 0.3) is 0 Å². The Labute approximate surface area is 71.4 Å². The molecule has 0 aromatic rings. The molecule has 0 N–H and O–H groups in total. The van der Waals surface area contributed by atoms with E-state index in [9.17, 15) is 4.79 Å². The first-order chi connectivity index (χ1) is 5.13. The molecule has 0 spiro atoms. The second-order valence-corrected chi connectivity index (χ2v) is 3.11. The van der Waals surface area contributed by atoms with Crippen LogP contribution in [0.25, 0.3) is 0 Å². The summed E-state index contributed by atoms with van der Waals surface area (Å²) in [5.41, 5.74) is 0. The van der Waals surface area contributed by atoms with Gasteiger partial charge < -0.3 is 4.90 Å². The van der Waals surface area contributed by atoms with Gasteiger partial charge in [0, 0.05) is 7.05 Å². The molecule has 0 aliphatic rings. The van der Waals surface area contributed by atoms with Crippen LogP contribution >= 0.6 is 11.8 Å². The number of nitriles is 1. The number of amides is 1. The Balaban J connectivity index is 3.93. The Morgan fingerprint density at radius 2 is 2.36 bits per heavy atom. The molecule has 4 heteroatoms. The number of thioether (sulfide) groups is 1. The van der Waals surface area contributed by atoms with E-state index in [-0.39, 0.29) is 11.9 Å². The Hall–Kier alpha value is -0.690. The lowest BCUT2D eigenvalue weighted by molar-refractivity contribution is -0.127. The summed E-state index contributed by atoms with van der Waals surface area (Å²) in [5, 5.41) is 8.47. The van der Waals surface area contributed by atoms with Crippen molar-refractivity contribution in [2.45, 2.75) is 13.0 Å². The second-order valence-electron chi connectivity index (χ2n) is 2.24. The summed E-state index contributed by atoms with van der Waals surface area (Å²) >= 11 is 1.47. The van der Waals surface area contributed by atoms with E-state index in [0.29, 0.717) is 5.75 Å². The molecule has 0 rings (SSSR count). The van der Waals surface area contributed by atoms with Crippen molar-refractivity contribution in [1.82, 2.24) is 4.90 Å². The Kier molecular flexibility index (Phi) is 4.71. The minimum atomic E-state index is -0.324. The highest BCUT2D eigenvalue weighted by Crippen LogP contribution is 1.99. The molecule has 62 valence electrons. The van der Waals surface area contributed by atoms with Crippen LogP contribution in [0.1, 0.15) is 6.92 Å². The van der Waals surface area contributed by atoms with Crippen LogP contribution in [0.5, 0.6) is 0 Å².